The van der Waals surface area contributed by atoms with E-state index in [1.807, 2.05) is 71.2 Å². The Hall–Kier alpha value is -4.87. The van der Waals surface area contributed by atoms with E-state index >= 15 is 0 Å². The summed E-state index contributed by atoms with van der Waals surface area (Å²) in [5.41, 5.74) is 3.09. The van der Waals surface area contributed by atoms with Gasteiger partial charge in [-0.2, -0.15) is 0 Å². The molecule has 3 aromatic heterocycles. The average Bonchev–Trinajstić information content (AvgIpc) is 3.55. The number of carbonyl (C=O) groups is 1. The summed E-state index contributed by atoms with van der Waals surface area (Å²) >= 11 is 0. The summed E-state index contributed by atoms with van der Waals surface area (Å²) in [7, 11) is 1.62. The summed E-state index contributed by atoms with van der Waals surface area (Å²) in [6.07, 6.45) is 8.44. The molecule has 2 atom stereocenters. The molecule has 0 unspecified atom stereocenters. The van der Waals surface area contributed by atoms with Crippen molar-refractivity contribution in [3.8, 4) is 11.4 Å². The van der Waals surface area contributed by atoms with Gasteiger partial charge in [0.2, 0.25) is 5.91 Å². The number of fused-ring (bicyclic) bond motifs is 1. The molecule has 2 fully saturated rings. The van der Waals surface area contributed by atoms with E-state index in [0.29, 0.717) is 43.5 Å². The molecule has 0 aliphatic carbocycles. The highest BCUT2D eigenvalue weighted by molar-refractivity contribution is 5.80. The number of piperidine rings is 2. The number of aromatic nitrogens is 5. The van der Waals surface area contributed by atoms with Gasteiger partial charge in [0.1, 0.15) is 12.1 Å². The van der Waals surface area contributed by atoms with Crippen LogP contribution in [0.4, 0.5) is 0 Å². The van der Waals surface area contributed by atoms with E-state index in [9.17, 15) is 14.7 Å². The summed E-state index contributed by atoms with van der Waals surface area (Å²) in [6, 6.07) is 19.6. The highest BCUT2D eigenvalue weighted by atomic mass is 16.5. The number of carbonyl (C=O) groups excluding carboxylic acids is 1. The maximum absolute atomic E-state index is 14.1. The number of aryl methyl sites for hydroxylation is 1. The molecule has 7 rings (SSSR count). The minimum absolute atomic E-state index is 0.0487. The third-order valence-electron chi connectivity index (χ3n) is 9.92. The van der Waals surface area contributed by atoms with Crippen LogP contribution in [0.25, 0.3) is 16.7 Å². The fraction of sp³-hybridized carbons (Fsp3) is 0.378. The Balaban J connectivity index is 1.02. The zero-order valence-electron chi connectivity index (χ0n) is 27.4. The van der Waals surface area contributed by atoms with Gasteiger partial charge in [-0.25, -0.2) is 4.98 Å². The molecule has 0 spiro atoms. The number of nitrogens with zero attached hydrogens (tertiary/aromatic N) is 7. The molecule has 11 heteroatoms. The van der Waals surface area contributed by atoms with Crippen LogP contribution in [-0.2, 0) is 17.9 Å². The van der Waals surface area contributed by atoms with Crippen molar-refractivity contribution in [3.05, 3.63) is 113 Å². The molecule has 2 saturated heterocycles. The van der Waals surface area contributed by atoms with Crippen LogP contribution < -0.4 is 10.3 Å². The van der Waals surface area contributed by atoms with Crippen molar-refractivity contribution >= 4 is 16.9 Å². The van der Waals surface area contributed by atoms with Crippen LogP contribution in [0.5, 0.6) is 5.75 Å². The summed E-state index contributed by atoms with van der Waals surface area (Å²) in [6.45, 7) is 5.20. The monoisotopic (exact) mass is 647 g/mol. The Morgan fingerprint density at radius 1 is 1.02 bits per heavy atom. The molecule has 11 nitrogen and oxygen atoms in total. The van der Waals surface area contributed by atoms with Gasteiger partial charge in [-0.15, -0.1) is 0 Å². The van der Waals surface area contributed by atoms with Crippen molar-refractivity contribution in [1.29, 1.82) is 0 Å². The van der Waals surface area contributed by atoms with Gasteiger partial charge >= 0.3 is 0 Å². The van der Waals surface area contributed by atoms with E-state index in [0.717, 1.165) is 47.9 Å². The van der Waals surface area contributed by atoms with Gasteiger partial charge in [0, 0.05) is 62.3 Å². The topological polar surface area (TPSA) is 119 Å². The lowest BCUT2D eigenvalue weighted by atomic mass is 9.79. The summed E-state index contributed by atoms with van der Waals surface area (Å²) in [4.78, 5) is 45.4. The molecule has 2 aromatic carbocycles. The molecular weight excluding hydrogens is 606 g/mol. The maximum atomic E-state index is 14.1. The Bertz CT molecular complexity index is 1950. The quantitative estimate of drug-likeness (QED) is 0.269. The van der Waals surface area contributed by atoms with E-state index < -0.39 is 5.60 Å². The van der Waals surface area contributed by atoms with E-state index in [1.165, 1.54) is 10.9 Å². The second-order valence-corrected chi connectivity index (χ2v) is 13.1. The lowest BCUT2D eigenvalue weighted by Crippen LogP contribution is -2.53. The molecule has 5 heterocycles. The Morgan fingerprint density at radius 2 is 1.79 bits per heavy atom. The van der Waals surface area contributed by atoms with Crippen molar-refractivity contribution in [3.63, 3.8) is 0 Å². The van der Waals surface area contributed by atoms with Crippen molar-refractivity contribution < 1.29 is 14.6 Å². The van der Waals surface area contributed by atoms with Crippen LogP contribution >= 0.6 is 0 Å². The predicted molar refractivity (Wildman–Crippen MR) is 182 cm³/mol. The summed E-state index contributed by atoms with van der Waals surface area (Å²) in [5.74, 6) is 0.786. The van der Waals surface area contributed by atoms with Crippen molar-refractivity contribution in [1.82, 2.24) is 33.9 Å². The van der Waals surface area contributed by atoms with E-state index in [4.69, 9.17) is 4.74 Å². The Morgan fingerprint density at radius 3 is 2.52 bits per heavy atom. The second-order valence-electron chi connectivity index (χ2n) is 13.1. The van der Waals surface area contributed by atoms with E-state index in [-0.39, 0.29) is 29.8 Å². The molecule has 48 heavy (non-hydrogen) atoms. The molecule has 0 bridgehead atoms. The first kappa shape index (κ1) is 31.7. The number of ether oxygens (including phenoxy) is 1. The van der Waals surface area contributed by atoms with Crippen LogP contribution in [0.2, 0.25) is 0 Å². The molecule has 2 aliphatic rings. The van der Waals surface area contributed by atoms with Gasteiger partial charge < -0.3 is 19.3 Å². The number of aliphatic hydroxyl groups is 1. The summed E-state index contributed by atoms with van der Waals surface area (Å²) < 4.78 is 8.62. The first-order valence-electron chi connectivity index (χ1n) is 16.6. The lowest BCUT2D eigenvalue weighted by molar-refractivity contribution is -0.142. The van der Waals surface area contributed by atoms with Gasteiger partial charge in [-0.1, -0.05) is 30.3 Å². The van der Waals surface area contributed by atoms with Crippen LogP contribution in [0.1, 0.15) is 42.1 Å². The molecule has 0 saturated carbocycles. The molecule has 0 radical (unpaired) electrons. The van der Waals surface area contributed by atoms with Gasteiger partial charge in [-0.05, 0) is 68.6 Å². The minimum Gasteiger partial charge on any atom is -0.497 e. The number of methoxy groups -OCH3 is 1. The molecule has 1 N–H and O–H groups in total. The van der Waals surface area contributed by atoms with Crippen molar-refractivity contribution in [2.45, 2.75) is 50.8 Å². The standard InChI is InChI=1S/C37H41N7O4/c1-26-20-38-21-28(40-26)22-41-16-12-31(33(23-41)27-6-4-3-5-7-27)35(45)42-18-14-37(47,15-19-42)24-43-25-39-34-32(36(43)46)13-17-44(34)29-8-10-30(48-2)11-9-29/h3-11,13,17,20-21,25,31,33,47H,12,14-16,18-19,22-24H2,1-2H3/t31-,33+/m1/s1. The van der Waals surface area contributed by atoms with Gasteiger partial charge in [0.25, 0.3) is 5.56 Å². The third kappa shape index (κ3) is 6.48. The van der Waals surface area contributed by atoms with E-state index in [2.05, 4.69) is 32.0 Å². The normalized spacial score (nSPS) is 19.8. The zero-order valence-corrected chi connectivity index (χ0v) is 27.4. The van der Waals surface area contributed by atoms with Crippen molar-refractivity contribution in [2.75, 3.05) is 33.3 Å². The first-order valence-corrected chi connectivity index (χ1v) is 16.6. The first-order chi connectivity index (χ1) is 23.3. The molecular formula is C37H41N7O4. The molecule has 5 aromatic rings. The number of amides is 1. The van der Waals surface area contributed by atoms with Crippen LogP contribution in [0.15, 0.2) is 90.4 Å². The molecule has 2 aliphatic heterocycles. The third-order valence-corrected chi connectivity index (χ3v) is 9.92. The Kier molecular flexibility index (Phi) is 8.81. The fourth-order valence-electron chi connectivity index (χ4n) is 7.29. The SMILES string of the molecule is COc1ccc(-n2ccc3c(=O)n(CC4(O)CCN(C(=O)[C@@H]5CCN(Cc6cncc(C)n6)C[C@H]5c5ccccc5)CC4)cnc32)cc1. The maximum Gasteiger partial charge on any atom is 0.262 e. The van der Waals surface area contributed by atoms with E-state index in [1.54, 1.807) is 19.4 Å². The largest absolute Gasteiger partial charge is 0.497 e. The zero-order chi connectivity index (χ0) is 33.3. The number of hydrogen-bond donors (Lipinski definition) is 1. The molecule has 1 amide bonds. The number of hydrogen-bond acceptors (Lipinski definition) is 8. The highest BCUT2D eigenvalue weighted by Crippen LogP contribution is 2.36. The number of likely N-dealkylation sites (tertiary alicyclic amines) is 2. The predicted octanol–water partition coefficient (Wildman–Crippen LogP) is 3.95. The fourth-order valence-corrected chi connectivity index (χ4v) is 7.29. The van der Waals surface area contributed by atoms with Gasteiger partial charge in [0.05, 0.1) is 36.0 Å². The van der Waals surface area contributed by atoms with Crippen LogP contribution in [0.3, 0.4) is 0 Å². The van der Waals surface area contributed by atoms with Crippen LogP contribution in [-0.4, -0.2) is 83.8 Å². The van der Waals surface area contributed by atoms with Crippen molar-refractivity contribution in [2.24, 2.45) is 5.92 Å². The Labute approximate surface area is 279 Å². The second kappa shape index (κ2) is 13.3. The van der Waals surface area contributed by atoms with Gasteiger partial charge in [-0.3, -0.25) is 29.0 Å². The highest BCUT2D eigenvalue weighted by Gasteiger charge is 2.41. The van der Waals surface area contributed by atoms with Gasteiger partial charge in [0.15, 0.2) is 5.65 Å². The van der Waals surface area contributed by atoms with Crippen LogP contribution in [0, 0.1) is 12.8 Å². The smallest absolute Gasteiger partial charge is 0.262 e. The summed E-state index contributed by atoms with van der Waals surface area (Å²) in [5, 5.41) is 12.1. The minimum atomic E-state index is -1.12. The average molecular weight is 648 g/mol. The number of rotatable bonds is 8. The molecule has 248 valence electrons. The lowest BCUT2D eigenvalue weighted by Gasteiger charge is -2.43. The number of benzene rings is 2.